The maximum Gasteiger partial charge on any atom is 0.251 e. The smallest absolute Gasteiger partial charge is 0.251 e. The van der Waals surface area contributed by atoms with Crippen LogP contribution in [0.15, 0.2) is 35.6 Å². The lowest BCUT2D eigenvalue weighted by Gasteiger charge is -2.32. The number of rotatable bonds is 6. The minimum Gasteiger partial charge on any atom is -0.354 e. The summed E-state index contributed by atoms with van der Waals surface area (Å²) < 4.78 is 24.9. The SMILES string of the molecule is CN=C(NCc1cccc(-c2ncn[nH]2)c1)NC1CCN(CC(F)F)CC1. The highest BCUT2D eigenvalue weighted by atomic mass is 19.3. The van der Waals surface area contributed by atoms with Crippen LogP contribution >= 0.6 is 0 Å². The average Bonchev–Trinajstić information content (AvgIpc) is 3.21. The number of likely N-dealkylation sites (tertiary alicyclic amines) is 1. The molecule has 1 aliphatic rings. The van der Waals surface area contributed by atoms with E-state index in [1.807, 2.05) is 29.2 Å². The highest BCUT2D eigenvalue weighted by Crippen LogP contribution is 2.15. The second-order valence-corrected chi connectivity index (χ2v) is 6.57. The molecule has 0 atom stereocenters. The minimum absolute atomic E-state index is 0.138. The van der Waals surface area contributed by atoms with E-state index in [1.165, 1.54) is 6.33 Å². The zero-order valence-electron chi connectivity index (χ0n) is 15.3. The Morgan fingerprint density at radius 3 is 2.85 bits per heavy atom. The van der Waals surface area contributed by atoms with E-state index >= 15 is 0 Å². The van der Waals surface area contributed by atoms with Crippen LogP contribution in [0.4, 0.5) is 8.78 Å². The van der Waals surface area contributed by atoms with Gasteiger partial charge in [0.05, 0.1) is 6.54 Å². The maximum absolute atomic E-state index is 12.5. The number of nitrogens with zero attached hydrogens (tertiary/aromatic N) is 4. The van der Waals surface area contributed by atoms with Gasteiger partial charge in [-0.2, -0.15) is 5.10 Å². The Morgan fingerprint density at radius 1 is 1.37 bits per heavy atom. The van der Waals surface area contributed by atoms with Gasteiger partial charge in [-0.25, -0.2) is 13.8 Å². The summed E-state index contributed by atoms with van der Waals surface area (Å²) in [5.74, 6) is 1.45. The van der Waals surface area contributed by atoms with E-state index in [1.54, 1.807) is 7.05 Å². The van der Waals surface area contributed by atoms with Crippen LogP contribution in [0.2, 0.25) is 0 Å². The van der Waals surface area contributed by atoms with Gasteiger partial charge in [0.15, 0.2) is 11.8 Å². The van der Waals surface area contributed by atoms with Crippen LogP contribution in [0.1, 0.15) is 18.4 Å². The van der Waals surface area contributed by atoms with Crippen molar-refractivity contribution in [3.05, 3.63) is 36.2 Å². The molecule has 0 amide bonds. The number of aromatic nitrogens is 3. The third kappa shape index (κ3) is 5.72. The van der Waals surface area contributed by atoms with Crippen LogP contribution in [-0.4, -0.2) is 65.2 Å². The van der Waals surface area contributed by atoms with E-state index < -0.39 is 6.43 Å². The Kier molecular flexibility index (Phi) is 6.69. The molecule has 2 aromatic rings. The Bertz CT molecular complexity index is 725. The van der Waals surface area contributed by atoms with Crippen LogP contribution in [0, 0.1) is 0 Å². The van der Waals surface area contributed by atoms with Crippen LogP contribution in [-0.2, 0) is 6.54 Å². The van der Waals surface area contributed by atoms with E-state index in [4.69, 9.17) is 0 Å². The molecule has 7 nitrogen and oxygen atoms in total. The van der Waals surface area contributed by atoms with Gasteiger partial charge < -0.3 is 10.6 Å². The summed E-state index contributed by atoms with van der Waals surface area (Å²) in [6, 6.07) is 8.27. The van der Waals surface area contributed by atoms with Crippen molar-refractivity contribution < 1.29 is 8.78 Å². The third-order valence-electron chi connectivity index (χ3n) is 4.62. The van der Waals surface area contributed by atoms with Gasteiger partial charge in [0.2, 0.25) is 0 Å². The molecule has 0 bridgehead atoms. The third-order valence-corrected chi connectivity index (χ3v) is 4.62. The Hall–Kier alpha value is -2.55. The molecule has 146 valence electrons. The van der Waals surface area contributed by atoms with Crippen molar-refractivity contribution in [2.45, 2.75) is 31.9 Å². The molecule has 3 rings (SSSR count). The number of hydrogen-bond acceptors (Lipinski definition) is 4. The molecule has 0 saturated carbocycles. The standard InChI is InChI=1S/C18H25F2N7/c1-21-18(25-15-5-7-27(8-6-15)11-16(19)20)22-10-13-3-2-4-14(9-13)17-23-12-24-26-17/h2-4,9,12,15-16H,5-8,10-11H2,1H3,(H2,21,22,25)(H,23,24,26). The van der Waals surface area contributed by atoms with Crippen molar-refractivity contribution in [1.29, 1.82) is 0 Å². The van der Waals surface area contributed by atoms with Gasteiger partial charge in [0.25, 0.3) is 6.43 Å². The van der Waals surface area contributed by atoms with Crippen molar-refractivity contribution in [2.24, 2.45) is 4.99 Å². The highest BCUT2D eigenvalue weighted by molar-refractivity contribution is 5.80. The van der Waals surface area contributed by atoms with Crippen molar-refractivity contribution in [2.75, 3.05) is 26.7 Å². The summed E-state index contributed by atoms with van der Waals surface area (Å²) in [6.45, 7) is 1.84. The van der Waals surface area contributed by atoms with Gasteiger partial charge in [-0.1, -0.05) is 18.2 Å². The monoisotopic (exact) mass is 377 g/mol. The van der Waals surface area contributed by atoms with Crippen LogP contribution < -0.4 is 10.6 Å². The lowest BCUT2D eigenvalue weighted by Crippen LogP contribution is -2.49. The Labute approximate surface area is 157 Å². The topological polar surface area (TPSA) is 81.2 Å². The van der Waals surface area contributed by atoms with E-state index in [0.717, 1.165) is 29.8 Å². The highest BCUT2D eigenvalue weighted by Gasteiger charge is 2.21. The molecule has 2 heterocycles. The number of guanidine groups is 1. The normalized spacial score (nSPS) is 16.7. The van der Waals surface area contributed by atoms with Gasteiger partial charge in [0, 0.05) is 38.3 Å². The predicted octanol–water partition coefficient (Wildman–Crippen LogP) is 1.87. The number of benzene rings is 1. The number of halogens is 2. The lowest BCUT2D eigenvalue weighted by molar-refractivity contribution is 0.0744. The first-order valence-electron chi connectivity index (χ1n) is 9.06. The fourth-order valence-electron chi connectivity index (χ4n) is 3.20. The lowest BCUT2D eigenvalue weighted by atomic mass is 10.1. The molecule has 0 radical (unpaired) electrons. The number of aromatic amines is 1. The second kappa shape index (κ2) is 9.40. The van der Waals surface area contributed by atoms with E-state index in [-0.39, 0.29) is 12.6 Å². The average molecular weight is 377 g/mol. The van der Waals surface area contributed by atoms with Gasteiger partial charge in [-0.3, -0.25) is 15.0 Å². The van der Waals surface area contributed by atoms with Gasteiger partial charge in [-0.15, -0.1) is 0 Å². The van der Waals surface area contributed by atoms with E-state index in [2.05, 4.69) is 30.8 Å². The largest absolute Gasteiger partial charge is 0.354 e. The number of nitrogens with one attached hydrogen (secondary N) is 3. The van der Waals surface area contributed by atoms with Gasteiger partial charge in [0.1, 0.15) is 6.33 Å². The first-order valence-corrected chi connectivity index (χ1v) is 9.06. The zero-order valence-corrected chi connectivity index (χ0v) is 15.3. The first-order chi connectivity index (χ1) is 13.1. The fraction of sp³-hybridized carbons (Fsp3) is 0.500. The molecule has 3 N–H and O–H groups in total. The summed E-state index contributed by atoms with van der Waals surface area (Å²) in [4.78, 5) is 10.2. The number of alkyl halides is 2. The summed E-state index contributed by atoms with van der Waals surface area (Å²) >= 11 is 0. The van der Waals surface area contributed by atoms with E-state index in [0.29, 0.717) is 25.6 Å². The quantitative estimate of drug-likeness (QED) is 0.529. The van der Waals surface area contributed by atoms with Crippen LogP contribution in [0.3, 0.4) is 0 Å². The molecule has 9 heteroatoms. The number of H-pyrrole nitrogens is 1. The van der Waals surface area contributed by atoms with Crippen molar-refractivity contribution in [1.82, 2.24) is 30.7 Å². The Morgan fingerprint density at radius 2 is 2.19 bits per heavy atom. The molecule has 27 heavy (non-hydrogen) atoms. The van der Waals surface area contributed by atoms with Gasteiger partial charge in [-0.05, 0) is 24.5 Å². The molecular weight excluding hydrogens is 352 g/mol. The second-order valence-electron chi connectivity index (χ2n) is 6.57. The molecular formula is C18H25F2N7. The molecule has 0 unspecified atom stereocenters. The summed E-state index contributed by atoms with van der Waals surface area (Å²) in [5, 5.41) is 13.4. The zero-order chi connectivity index (χ0) is 19.1. The number of aliphatic imine (C=N–C) groups is 1. The summed E-state index contributed by atoms with van der Waals surface area (Å²) in [7, 11) is 1.73. The molecule has 1 aromatic carbocycles. The van der Waals surface area contributed by atoms with Crippen LogP contribution in [0.5, 0.6) is 0 Å². The maximum atomic E-state index is 12.5. The number of hydrogen-bond donors (Lipinski definition) is 3. The van der Waals surface area contributed by atoms with Crippen molar-refractivity contribution >= 4 is 5.96 Å². The molecule has 0 aliphatic carbocycles. The van der Waals surface area contributed by atoms with Crippen molar-refractivity contribution in [3.63, 3.8) is 0 Å². The van der Waals surface area contributed by atoms with E-state index in [9.17, 15) is 8.78 Å². The fourth-order valence-corrected chi connectivity index (χ4v) is 3.20. The minimum atomic E-state index is -2.27. The Balaban J connectivity index is 1.48. The van der Waals surface area contributed by atoms with Crippen LogP contribution in [0.25, 0.3) is 11.4 Å². The molecule has 1 aromatic heterocycles. The molecule has 0 spiro atoms. The first kappa shape index (κ1) is 19.2. The van der Waals surface area contributed by atoms with Gasteiger partial charge >= 0.3 is 0 Å². The van der Waals surface area contributed by atoms with Crippen molar-refractivity contribution in [3.8, 4) is 11.4 Å². The number of piperidine rings is 1. The molecule has 1 saturated heterocycles. The molecule has 1 aliphatic heterocycles. The predicted molar refractivity (Wildman–Crippen MR) is 101 cm³/mol. The summed E-state index contributed by atoms with van der Waals surface area (Å²) in [5.41, 5.74) is 2.07. The molecule has 1 fully saturated rings. The summed E-state index contributed by atoms with van der Waals surface area (Å²) in [6.07, 6.45) is 0.873.